The SMILES string of the molecule is CC(C)OP(=O)(OC(C)C)/C(C#N)=C/c1c(-c2ccccc2)[nH]c2ccccc12. The van der Waals surface area contributed by atoms with E-state index < -0.39 is 7.60 Å². The van der Waals surface area contributed by atoms with Crippen molar-refractivity contribution in [2.24, 2.45) is 0 Å². The van der Waals surface area contributed by atoms with Crippen LogP contribution in [-0.4, -0.2) is 17.2 Å². The predicted molar refractivity (Wildman–Crippen MR) is 117 cm³/mol. The summed E-state index contributed by atoms with van der Waals surface area (Å²) in [5.74, 6) is 0. The van der Waals surface area contributed by atoms with Crippen LogP contribution >= 0.6 is 7.60 Å². The lowest BCUT2D eigenvalue weighted by Gasteiger charge is -2.22. The molecule has 6 heteroatoms. The van der Waals surface area contributed by atoms with E-state index in [4.69, 9.17) is 9.05 Å². The summed E-state index contributed by atoms with van der Waals surface area (Å²) in [5.41, 5.74) is 3.53. The van der Waals surface area contributed by atoms with E-state index in [2.05, 4.69) is 11.1 Å². The van der Waals surface area contributed by atoms with E-state index in [0.717, 1.165) is 27.7 Å². The number of nitrogens with zero attached hydrogens (tertiary/aromatic N) is 1. The van der Waals surface area contributed by atoms with Crippen molar-refractivity contribution in [3.8, 4) is 17.3 Å². The number of hydrogen-bond acceptors (Lipinski definition) is 4. The van der Waals surface area contributed by atoms with Gasteiger partial charge in [0.05, 0.1) is 17.9 Å². The molecule has 0 aliphatic carbocycles. The second-order valence-electron chi connectivity index (χ2n) is 7.27. The molecule has 3 rings (SSSR count). The highest BCUT2D eigenvalue weighted by atomic mass is 31.2. The Morgan fingerprint density at radius 2 is 1.59 bits per heavy atom. The average molecular weight is 408 g/mol. The molecule has 0 spiro atoms. The maximum Gasteiger partial charge on any atom is 0.372 e. The third-order valence-electron chi connectivity index (χ3n) is 4.20. The van der Waals surface area contributed by atoms with Crippen LogP contribution in [0.2, 0.25) is 0 Å². The maximum atomic E-state index is 13.5. The summed E-state index contributed by atoms with van der Waals surface area (Å²) in [4.78, 5) is 3.42. The molecule has 5 nitrogen and oxygen atoms in total. The van der Waals surface area contributed by atoms with E-state index in [-0.39, 0.29) is 17.5 Å². The lowest BCUT2D eigenvalue weighted by molar-refractivity contribution is 0.148. The first-order valence-electron chi connectivity index (χ1n) is 9.59. The molecule has 3 aromatic rings. The largest absolute Gasteiger partial charge is 0.372 e. The number of H-pyrrole nitrogens is 1. The van der Waals surface area contributed by atoms with E-state index in [1.165, 1.54) is 0 Å². The third-order valence-corrected chi connectivity index (χ3v) is 6.42. The second kappa shape index (κ2) is 8.80. The molecule has 0 aliphatic heterocycles. The normalized spacial score (nSPS) is 12.7. The molecule has 2 aromatic carbocycles. The number of aromatic nitrogens is 1. The van der Waals surface area contributed by atoms with Gasteiger partial charge in [-0.1, -0.05) is 48.5 Å². The first kappa shape index (κ1) is 21.1. The van der Waals surface area contributed by atoms with Crippen LogP contribution in [0.15, 0.2) is 59.9 Å². The molecule has 1 aromatic heterocycles. The van der Waals surface area contributed by atoms with Crippen LogP contribution in [0.4, 0.5) is 0 Å². The van der Waals surface area contributed by atoms with E-state index in [0.29, 0.717) is 0 Å². The molecular formula is C23H25N2O3P. The smallest absolute Gasteiger partial charge is 0.354 e. The van der Waals surface area contributed by atoms with Crippen molar-refractivity contribution < 1.29 is 13.6 Å². The van der Waals surface area contributed by atoms with Gasteiger partial charge in [-0.3, -0.25) is 4.57 Å². The summed E-state index contributed by atoms with van der Waals surface area (Å²) in [6.45, 7) is 7.08. The first-order chi connectivity index (χ1) is 13.8. The van der Waals surface area contributed by atoms with Crippen molar-refractivity contribution in [3.63, 3.8) is 0 Å². The van der Waals surface area contributed by atoms with Gasteiger partial charge < -0.3 is 14.0 Å². The fourth-order valence-corrected chi connectivity index (χ4v) is 4.95. The lowest BCUT2D eigenvalue weighted by Crippen LogP contribution is -2.09. The summed E-state index contributed by atoms with van der Waals surface area (Å²) in [6.07, 6.45) is 0.924. The number of allylic oxidation sites excluding steroid dienone is 1. The van der Waals surface area contributed by atoms with Crippen LogP contribution in [-0.2, 0) is 13.6 Å². The second-order valence-corrected chi connectivity index (χ2v) is 9.17. The van der Waals surface area contributed by atoms with Crippen LogP contribution in [0.25, 0.3) is 28.2 Å². The van der Waals surface area contributed by atoms with E-state index in [1.54, 1.807) is 33.8 Å². The number of para-hydroxylation sites is 1. The third kappa shape index (κ3) is 4.68. The molecule has 0 aliphatic rings. The van der Waals surface area contributed by atoms with E-state index in [1.807, 2.05) is 54.6 Å². The molecular weight excluding hydrogens is 383 g/mol. The number of rotatable bonds is 7. The topological polar surface area (TPSA) is 75.1 Å². The fraction of sp³-hybridized carbons (Fsp3) is 0.261. The van der Waals surface area contributed by atoms with Gasteiger partial charge in [-0.15, -0.1) is 0 Å². The minimum absolute atomic E-state index is 0.0122. The van der Waals surface area contributed by atoms with Crippen LogP contribution in [0.1, 0.15) is 33.3 Å². The first-order valence-corrected chi connectivity index (χ1v) is 11.1. The summed E-state index contributed by atoms with van der Waals surface area (Å²) >= 11 is 0. The molecule has 0 radical (unpaired) electrons. The zero-order chi connectivity index (χ0) is 21.0. The number of benzene rings is 2. The van der Waals surface area contributed by atoms with Crippen molar-refractivity contribution in [2.45, 2.75) is 39.9 Å². The lowest BCUT2D eigenvalue weighted by atomic mass is 10.0. The maximum absolute atomic E-state index is 13.5. The number of aromatic amines is 1. The van der Waals surface area contributed by atoms with Crippen LogP contribution < -0.4 is 0 Å². The Morgan fingerprint density at radius 3 is 2.17 bits per heavy atom. The number of hydrogen-bond donors (Lipinski definition) is 1. The number of fused-ring (bicyclic) bond motifs is 1. The average Bonchev–Trinajstić information content (AvgIpc) is 3.03. The van der Waals surface area contributed by atoms with Crippen LogP contribution in [0.3, 0.4) is 0 Å². The van der Waals surface area contributed by atoms with E-state index >= 15 is 0 Å². The molecule has 29 heavy (non-hydrogen) atoms. The van der Waals surface area contributed by atoms with Gasteiger partial charge in [0, 0.05) is 16.5 Å². The number of nitriles is 1. The molecule has 1 N–H and O–H groups in total. The Morgan fingerprint density at radius 1 is 1.00 bits per heavy atom. The van der Waals surface area contributed by atoms with Gasteiger partial charge in [-0.05, 0) is 45.4 Å². The number of nitrogens with one attached hydrogen (secondary N) is 1. The van der Waals surface area contributed by atoms with Gasteiger partial charge in [-0.2, -0.15) is 5.26 Å². The molecule has 0 saturated heterocycles. The van der Waals surface area contributed by atoms with Crippen LogP contribution in [0.5, 0.6) is 0 Å². The highest BCUT2D eigenvalue weighted by Gasteiger charge is 2.34. The highest BCUT2D eigenvalue weighted by Crippen LogP contribution is 2.58. The Labute approximate surface area is 171 Å². The van der Waals surface area contributed by atoms with Crippen molar-refractivity contribution in [2.75, 3.05) is 0 Å². The molecule has 0 amide bonds. The zero-order valence-electron chi connectivity index (χ0n) is 17.0. The minimum Gasteiger partial charge on any atom is -0.354 e. The summed E-state index contributed by atoms with van der Waals surface area (Å²) in [7, 11) is -3.79. The van der Waals surface area contributed by atoms with Crippen molar-refractivity contribution in [3.05, 3.63) is 65.5 Å². The Bertz CT molecular complexity index is 1090. The van der Waals surface area contributed by atoms with Crippen molar-refractivity contribution in [1.82, 2.24) is 4.98 Å². The Balaban J connectivity index is 2.24. The van der Waals surface area contributed by atoms with Crippen molar-refractivity contribution >= 4 is 24.6 Å². The van der Waals surface area contributed by atoms with Gasteiger partial charge in [0.25, 0.3) is 0 Å². The summed E-state index contributed by atoms with van der Waals surface area (Å²) in [6, 6.07) is 19.7. The van der Waals surface area contributed by atoms with Crippen molar-refractivity contribution in [1.29, 1.82) is 5.26 Å². The minimum atomic E-state index is -3.79. The van der Waals surface area contributed by atoms with E-state index in [9.17, 15) is 9.83 Å². The zero-order valence-corrected chi connectivity index (χ0v) is 17.9. The predicted octanol–water partition coefficient (Wildman–Crippen LogP) is 6.74. The quantitative estimate of drug-likeness (QED) is 0.347. The molecule has 1 heterocycles. The Hall–Kier alpha value is -2.64. The molecule has 0 atom stereocenters. The van der Waals surface area contributed by atoms with Gasteiger partial charge in [-0.25, -0.2) is 0 Å². The summed E-state index contributed by atoms with van der Waals surface area (Å²) in [5, 5.41) is 10.8. The molecule has 0 unspecified atom stereocenters. The van der Waals surface area contributed by atoms with Crippen LogP contribution in [0, 0.1) is 11.3 Å². The Kier molecular flexibility index (Phi) is 6.39. The molecule has 0 saturated carbocycles. The fourth-order valence-electron chi connectivity index (χ4n) is 3.15. The monoisotopic (exact) mass is 408 g/mol. The van der Waals surface area contributed by atoms with Gasteiger partial charge in [0.1, 0.15) is 11.4 Å². The standard InChI is InChI=1S/C23H25N2O3P/c1-16(2)27-29(26,28-17(3)4)19(15-24)14-21-20-12-8-9-13-22(20)25-23(21)18-10-6-5-7-11-18/h5-14,16-17,25H,1-4H3/b19-14+. The van der Waals surface area contributed by atoms with Gasteiger partial charge in [0.15, 0.2) is 0 Å². The molecule has 0 fully saturated rings. The van der Waals surface area contributed by atoms with Gasteiger partial charge >= 0.3 is 7.60 Å². The molecule has 0 bridgehead atoms. The van der Waals surface area contributed by atoms with Gasteiger partial charge in [0.2, 0.25) is 0 Å². The highest BCUT2D eigenvalue weighted by molar-refractivity contribution is 7.59. The molecule has 150 valence electrons. The summed E-state index contributed by atoms with van der Waals surface area (Å²) < 4.78 is 24.8.